The van der Waals surface area contributed by atoms with Crippen molar-refractivity contribution in [2.24, 2.45) is 5.92 Å². The summed E-state index contributed by atoms with van der Waals surface area (Å²) in [5, 5.41) is 10.8. The van der Waals surface area contributed by atoms with Crippen LogP contribution in [0, 0.1) is 12.8 Å². The number of aliphatic hydroxyl groups excluding tert-OH is 1. The maximum Gasteiger partial charge on any atom is 0.334 e. The minimum atomic E-state index is -0.764. The minimum Gasteiger partial charge on any atom is -0.459 e. The first kappa shape index (κ1) is 16.8. The monoisotopic (exact) mass is 328 g/mol. The van der Waals surface area contributed by atoms with Crippen molar-refractivity contribution in [2.45, 2.75) is 52.2 Å². The van der Waals surface area contributed by atoms with E-state index in [0.717, 1.165) is 16.7 Å². The van der Waals surface area contributed by atoms with Gasteiger partial charge in [-0.2, -0.15) is 0 Å². The second kappa shape index (κ2) is 6.44. The van der Waals surface area contributed by atoms with Gasteiger partial charge in [-0.25, -0.2) is 4.79 Å². The van der Waals surface area contributed by atoms with Gasteiger partial charge in [-0.3, -0.25) is 0 Å². The minimum absolute atomic E-state index is 0.165. The molecule has 1 N–H and O–H groups in total. The Morgan fingerprint density at radius 1 is 1.38 bits per heavy atom. The number of rotatable bonds is 1. The Hall–Kier alpha value is -2.07. The standard InChI is InChI=1S/C20H24O4/c1-11(2)17-6-5-14-10-16(24-20(14)22)8-12(3)7-15-9-13(4)19(23-15)18(17)21/h7,9-10,16-18,21H,1,5-6,8H2,2-4H3/b12-7-. The van der Waals surface area contributed by atoms with Crippen molar-refractivity contribution in [1.82, 2.24) is 0 Å². The summed E-state index contributed by atoms with van der Waals surface area (Å²) in [4.78, 5) is 12.0. The van der Waals surface area contributed by atoms with Crippen LogP contribution in [0.3, 0.4) is 0 Å². The van der Waals surface area contributed by atoms with E-state index in [1.165, 1.54) is 0 Å². The average molecular weight is 328 g/mol. The normalized spacial score (nSPS) is 29.5. The third-order valence-corrected chi connectivity index (χ3v) is 4.80. The molecule has 3 rings (SSSR count). The molecule has 24 heavy (non-hydrogen) atoms. The summed E-state index contributed by atoms with van der Waals surface area (Å²) >= 11 is 0. The zero-order valence-electron chi connectivity index (χ0n) is 14.5. The molecule has 0 fully saturated rings. The lowest BCUT2D eigenvalue weighted by Gasteiger charge is -2.22. The highest BCUT2D eigenvalue weighted by Gasteiger charge is 2.30. The van der Waals surface area contributed by atoms with Crippen LogP contribution in [0.5, 0.6) is 0 Å². The van der Waals surface area contributed by atoms with Gasteiger partial charge in [-0.1, -0.05) is 17.7 Å². The van der Waals surface area contributed by atoms with E-state index in [-0.39, 0.29) is 18.0 Å². The van der Waals surface area contributed by atoms with Gasteiger partial charge in [0.15, 0.2) is 0 Å². The molecule has 0 aromatic carbocycles. The first-order chi connectivity index (χ1) is 11.3. The Morgan fingerprint density at radius 3 is 2.83 bits per heavy atom. The number of aryl methyl sites for hydroxylation is 1. The van der Waals surface area contributed by atoms with E-state index < -0.39 is 6.10 Å². The number of furan rings is 1. The fourth-order valence-corrected chi connectivity index (χ4v) is 3.50. The zero-order valence-corrected chi connectivity index (χ0v) is 14.5. The van der Waals surface area contributed by atoms with Crippen molar-refractivity contribution in [3.8, 4) is 0 Å². The van der Waals surface area contributed by atoms with Crippen LogP contribution in [0.15, 0.2) is 39.9 Å². The lowest BCUT2D eigenvalue weighted by Crippen LogP contribution is -2.15. The summed E-state index contributed by atoms with van der Waals surface area (Å²) in [7, 11) is 0. The van der Waals surface area contributed by atoms with Crippen molar-refractivity contribution >= 4 is 12.0 Å². The molecule has 0 radical (unpaired) electrons. The predicted octanol–water partition coefficient (Wildman–Crippen LogP) is 4.25. The van der Waals surface area contributed by atoms with Crippen molar-refractivity contribution in [3.05, 3.63) is 52.5 Å². The number of hydrogen-bond acceptors (Lipinski definition) is 4. The first-order valence-electron chi connectivity index (χ1n) is 8.37. The molecule has 0 aliphatic carbocycles. The second-order valence-electron chi connectivity index (χ2n) is 6.96. The van der Waals surface area contributed by atoms with Gasteiger partial charge in [-0.15, -0.1) is 0 Å². The molecule has 1 aromatic heterocycles. The van der Waals surface area contributed by atoms with Crippen molar-refractivity contribution in [1.29, 1.82) is 0 Å². The number of carbonyl (C=O) groups is 1. The highest BCUT2D eigenvalue weighted by Crippen LogP contribution is 2.36. The van der Waals surface area contributed by atoms with Gasteiger partial charge in [-0.05, 0) is 57.4 Å². The van der Waals surface area contributed by atoms with Crippen LogP contribution in [-0.4, -0.2) is 17.2 Å². The van der Waals surface area contributed by atoms with Gasteiger partial charge in [0.2, 0.25) is 0 Å². The van der Waals surface area contributed by atoms with E-state index in [2.05, 4.69) is 6.58 Å². The van der Waals surface area contributed by atoms with E-state index in [0.29, 0.717) is 36.4 Å². The molecule has 2 aliphatic rings. The predicted molar refractivity (Wildman–Crippen MR) is 92.2 cm³/mol. The first-order valence-corrected chi connectivity index (χ1v) is 8.37. The SMILES string of the molecule is C=C(C)C1CCC2=CC(C/C(C)=C\c3cc(C)c(o3)C1O)OC2=O. The zero-order chi connectivity index (χ0) is 17.4. The molecule has 4 heteroatoms. The highest BCUT2D eigenvalue weighted by molar-refractivity contribution is 5.90. The van der Waals surface area contributed by atoms with Crippen LogP contribution in [0.1, 0.15) is 56.3 Å². The number of ether oxygens (including phenoxy) is 1. The topological polar surface area (TPSA) is 59.7 Å². The number of carbonyl (C=O) groups excluding carboxylic acids is 1. The molecule has 3 atom stereocenters. The molecule has 0 saturated carbocycles. The highest BCUT2D eigenvalue weighted by atomic mass is 16.5. The smallest absolute Gasteiger partial charge is 0.334 e. The molecule has 3 heterocycles. The van der Waals surface area contributed by atoms with Gasteiger partial charge in [0.1, 0.15) is 23.7 Å². The molecule has 3 unspecified atom stereocenters. The molecule has 128 valence electrons. The lowest BCUT2D eigenvalue weighted by atomic mass is 9.87. The fraction of sp³-hybridized carbons (Fsp3) is 0.450. The van der Waals surface area contributed by atoms with Crippen LogP contribution < -0.4 is 0 Å². The van der Waals surface area contributed by atoms with Gasteiger partial charge in [0.25, 0.3) is 0 Å². The molecular formula is C20H24O4. The molecule has 4 nitrogen and oxygen atoms in total. The van der Waals surface area contributed by atoms with Crippen molar-refractivity contribution in [2.75, 3.05) is 0 Å². The van der Waals surface area contributed by atoms with Crippen LogP contribution >= 0.6 is 0 Å². The van der Waals surface area contributed by atoms with E-state index >= 15 is 0 Å². The van der Waals surface area contributed by atoms with E-state index in [1.54, 1.807) is 0 Å². The van der Waals surface area contributed by atoms with Crippen LogP contribution in [-0.2, 0) is 9.53 Å². The summed E-state index contributed by atoms with van der Waals surface area (Å²) in [6, 6.07) is 1.94. The van der Waals surface area contributed by atoms with Crippen LogP contribution in [0.25, 0.3) is 6.08 Å². The Bertz CT molecular complexity index is 735. The molecule has 0 spiro atoms. The summed E-state index contributed by atoms with van der Waals surface area (Å²) < 4.78 is 11.3. The Kier molecular flexibility index (Phi) is 4.50. The Morgan fingerprint density at radius 2 is 2.12 bits per heavy atom. The summed E-state index contributed by atoms with van der Waals surface area (Å²) in [5.41, 5.74) is 3.57. The van der Waals surface area contributed by atoms with Gasteiger partial charge < -0.3 is 14.3 Å². The van der Waals surface area contributed by atoms with Crippen molar-refractivity contribution < 1.29 is 19.1 Å². The molecule has 0 saturated heterocycles. The summed E-state index contributed by atoms with van der Waals surface area (Å²) in [6.45, 7) is 9.84. The summed E-state index contributed by atoms with van der Waals surface area (Å²) in [5.74, 6) is 0.894. The maximum atomic E-state index is 12.0. The average Bonchev–Trinajstić information content (AvgIpc) is 3.01. The fourth-order valence-electron chi connectivity index (χ4n) is 3.50. The number of esters is 1. The lowest BCUT2D eigenvalue weighted by molar-refractivity contribution is -0.139. The summed E-state index contributed by atoms with van der Waals surface area (Å²) in [6.07, 6.45) is 4.73. The largest absolute Gasteiger partial charge is 0.459 e. The third-order valence-electron chi connectivity index (χ3n) is 4.80. The van der Waals surface area contributed by atoms with Crippen LogP contribution in [0.4, 0.5) is 0 Å². The molecule has 4 bridgehead atoms. The van der Waals surface area contributed by atoms with Gasteiger partial charge in [0, 0.05) is 17.9 Å². The second-order valence-corrected chi connectivity index (χ2v) is 6.96. The molecular weight excluding hydrogens is 304 g/mol. The Balaban J connectivity index is 2.02. The quantitative estimate of drug-likeness (QED) is 0.618. The maximum absolute atomic E-state index is 12.0. The van der Waals surface area contributed by atoms with Gasteiger partial charge >= 0.3 is 5.97 Å². The van der Waals surface area contributed by atoms with Crippen LogP contribution in [0.2, 0.25) is 0 Å². The number of hydrogen-bond donors (Lipinski definition) is 1. The molecule has 2 aliphatic heterocycles. The van der Waals surface area contributed by atoms with E-state index in [4.69, 9.17) is 9.15 Å². The van der Waals surface area contributed by atoms with E-state index in [9.17, 15) is 9.90 Å². The number of fused-ring (bicyclic) bond motifs is 3. The molecule has 1 aromatic rings. The van der Waals surface area contributed by atoms with Gasteiger partial charge in [0.05, 0.1) is 0 Å². The Labute approximate surface area is 142 Å². The third kappa shape index (κ3) is 3.24. The number of aliphatic hydroxyl groups is 1. The molecule has 0 amide bonds. The van der Waals surface area contributed by atoms with E-state index in [1.807, 2.05) is 39.0 Å². The van der Waals surface area contributed by atoms with Crippen molar-refractivity contribution in [3.63, 3.8) is 0 Å².